The van der Waals surface area contributed by atoms with Crippen molar-refractivity contribution in [3.8, 4) is 0 Å². The average Bonchev–Trinajstić information content (AvgIpc) is 2.65. The summed E-state index contributed by atoms with van der Waals surface area (Å²) < 4.78 is 0. The molecule has 0 saturated carbocycles. The maximum absolute atomic E-state index is 12.5. The molecular weight excluding hydrogens is 360 g/mol. The Labute approximate surface area is 163 Å². The third-order valence-electron chi connectivity index (χ3n) is 3.99. The van der Waals surface area contributed by atoms with E-state index in [1.807, 2.05) is 62.4 Å². The maximum atomic E-state index is 12.5. The first-order valence-corrected chi connectivity index (χ1v) is 9.05. The second-order valence-corrected chi connectivity index (χ2v) is 6.81. The first kappa shape index (κ1) is 18.9. The number of rotatable bonds is 6. The van der Waals surface area contributed by atoms with Gasteiger partial charge in [0, 0.05) is 23.8 Å². The molecule has 0 atom stereocenters. The van der Waals surface area contributed by atoms with Gasteiger partial charge in [-0.25, -0.2) is 9.97 Å². The van der Waals surface area contributed by atoms with Crippen molar-refractivity contribution in [3.05, 3.63) is 87.7 Å². The standard InChI is InChI=1S/C21H21ClN4O/c1-14-4-3-5-17(10-14)13-23-20(27)19-11-15(2)25-21(26-19)24-12-16-6-8-18(22)9-7-16/h3-11H,12-13H2,1-2H3,(H,23,27)(H,24,25,26). The topological polar surface area (TPSA) is 66.9 Å². The number of halogens is 1. The Balaban J connectivity index is 1.64. The molecule has 3 rings (SSSR count). The summed E-state index contributed by atoms with van der Waals surface area (Å²) in [6.07, 6.45) is 0. The Bertz CT molecular complexity index is 941. The molecule has 1 amide bonds. The van der Waals surface area contributed by atoms with E-state index in [2.05, 4.69) is 20.6 Å². The van der Waals surface area contributed by atoms with Gasteiger partial charge in [-0.1, -0.05) is 53.6 Å². The van der Waals surface area contributed by atoms with Gasteiger partial charge < -0.3 is 10.6 Å². The second kappa shape index (κ2) is 8.64. The van der Waals surface area contributed by atoms with Crippen molar-refractivity contribution < 1.29 is 4.79 Å². The third kappa shape index (κ3) is 5.53. The first-order chi connectivity index (χ1) is 13.0. The van der Waals surface area contributed by atoms with Crippen molar-refractivity contribution >= 4 is 23.5 Å². The molecule has 3 aromatic rings. The van der Waals surface area contributed by atoms with Gasteiger partial charge in [-0.2, -0.15) is 0 Å². The van der Waals surface area contributed by atoms with Crippen molar-refractivity contribution in [3.63, 3.8) is 0 Å². The number of nitrogens with zero attached hydrogens (tertiary/aromatic N) is 2. The minimum atomic E-state index is -0.225. The van der Waals surface area contributed by atoms with E-state index in [9.17, 15) is 4.79 Å². The summed E-state index contributed by atoms with van der Waals surface area (Å²) in [5, 5.41) is 6.75. The number of carbonyl (C=O) groups excluding carboxylic acids is 1. The molecule has 6 heteroatoms. The van der Waals surface area contributed by atoms with E-state index in [0.717, 1.165) is 22.4 Å². The number of anilines is 1. The van der Waals surface area contributed by atoms with Gasteiger partial charge in [0.25, 0.3) is 5.91 Å². The molecule has 0 bridgehead atoms. The predicted octanol–water partition coefficient (Wildman–Crippen LogP) is 4.29. The number of hydrogen-bond donors (Lipinski definition) is 2. The van der Waals surface area contributed by atoms with E-state index in [1.165, 1.54) is 0 Å². The molecule has 2 aromatic carbocycles. The molecule has 138 valence electrons. The quantitative estimate of drug-likeness (QED) is 0.669. The molecule has 1 aromatic heterocycles. The number of aryl methyl sites for hydroxylation is 2. The van der Waals surface area contributed by atoms with Crippen LogP contribution in [0.15, 0.2) is 54.6 Å². The van der Waals surface area contributed by atoms with Gasteiger partial charge in [0.2, 0.25) is 5.95 Å². The van der Waals surface area contributed by atoms with E-state index in [1.54, 1.807) is 6.07 Å². The van der Waals surface area contributed by atoms with E-state index in [-0.39, 0.29) is 5.91 Å². The summed E-state index contributed by atoms with van der Waals surface area (Å²) in [5.74, 6) is 0.196. The highest BCUT2D eigenvalue weighted by atomic mass is 35.5. The number of hydrogen-bond acceptors (Lipinski definition) is 4. The Kier molecular flexibility index (Phi) is 6.04. The fourth-order valence-corrected chi connectivity index (χ4v) is 2.77. The molecule has 0 unspecified atom stereocenters. The zero-order chi connectivity index (χ0) is 19.2. The van der Waals surface area contributed by atoms with Crippen LogP contribution in [0.2, 0.25) is 5.02 Å². The number of carbonyl (C=O) groups is 1. The number of amides is 1. The highest BCUT2D eigenvalue weighted by Crippen LogP contribution is 2.12. The molecule has 0 radical (unpaired) electrons. The van der Waals surface area contributed by atoms with E-state index >= 15 is 0 Å². The summed E-state index contributed by atoms with van der Waals surface area (Å²) in [6, 6.07) is 17.2. The predicted molar refractivity (Wildman–Crippen MR) is 108 cm³/mol. The molecule has 1 heterocycles. The second-order valence-electron chi connectivity index (χ2n) is 6.37. The van der Waals surface area contributed by atoms with Crippen LogP contribution in [0.1, 0.15) is 32.9 Å². The molecule has 0 saturated heterocycles. The number of benzene rings is 2. The summed E-state index contributed by atoms with van der Waals surface area (Å²) >= 11 is 5.90. The van der Waals surface area contributed by atoms with Gasteiger partial charge in [-0.05, 0) is 43.2 Å². The smallest absolute Gasteiger partial charge is 0.270 e. The van der Waals surface area contributed by atoms with E-state index < -0.39 is 0 Å². The van der Waals surface area contributed by atoms with Crippen molar-refractivity contribution in [1.29, 1.82) is 0 Å². The Morgan fingerprint density at radius 3 is 2.48 bits per heavy atom. The van der Waals surface area contributed by atoms with E-state index in [0.29, 0.717) is 29.8 Å². The van der Waals surface area contributed by atoms with Crippen molar-refractivity contribution in [2.45, 2.75) is 26.9 Å². The molecule has 5 nitrogen and oxygen atoms in total. The van der Waals surface area contributed by atoms with Gasteiger partial charge in [-0.15, -0.1) is 0 Å². The highest BCUT2D eigenvalue weighted by Gasteiger charge is 2.10. The van der Waals surface area contributed by atoms with E-state index in [4.69, 9.17) is 11.6 Å². The molecular formula is C21H21ClN4O. The fourth-order valence-electron chi connectivity index (χ4n) is 2.64. The highest BCUT2D eigenvalue weighted by molar-refractivity contribution is 6.30. The Hall–Kier alpha value is -2.92. The van der Waals surface area contributed by atoms with Crippen molar-refractivity contribution in [2.75, 3.05) is 5.32 Å². The lowest BCUT2D eigenvalue weighted by Gasteiger charge is -2.09. The van der Waals surface area contributed by atoms with Crippen LogP contribution in [0.25, 0.3) is 0 Å². The van der Waals surface area contributed by atoms with Gasteiger partial charge in [0.05, 0.1) is 0 Å². The van der Waals surface area contributed by atoms with Crippen LogP contribution in [0.5, 0.6) is 0 Å². The lowest BCUT2D eigenvalue weighted by Crippen LogP contribution is -2.24. The van der Waals surface area contributed by atoms with Crippen LogP contribution < -0.4 is 10.6 Å². The van der Waals surface area contributed by atoms with Crippen LogP contribution >= 0.6 is 11.6 Å². The van der Waals surface area contributed by atoms with Crippen LogP contribution in [0.4, 0.5) is 5.95 Å². The van der Waals surface area contributed by atoms with Crippen LogP contribution in [0.3, 0.4) is 0 Å². The summed E-state index contributed by atoms with van der Waals surface area (Å²) in [5.41, 5.74) is 4.33. The van der Waals surface area contributed by atoms with Gasteiger partial charge in [0.15, 0.2) is 0 Å². The lowest BCUT2D eigenvalue weighted by atomic mass is 10.1. The largest absolute Gasteiger partial charge is 0.350 e. The van der Waals surface area contributed by atoms with Gasteiger partial charge >= 0.3 is 0 Å². The summed E-state index contributed by atoms with van der Waals surface area (Å²) in [7, 11) is 0. The molecule has 0 aliphatic carbocycles. The minimum absolute atomic E-state index is 0.225. The number of aromatic nitrogens is 2. The average molecular weight is 381 g/mol. The minimum Gasteiger partial charge on any atom is -0.350 e. The lowest BCUT2D eigenvalue weighted by molar-refractivity contribution is 0.0945. The number of nitrogens with one attached hydrogen (secondary N) is 2. The zero-order valence-corrected chi connectivity index (χ0v) is 16.0. The fraction of sp³-hybridized carbons (Fsp3) is 0.190. The summed E-state index contributed by atoms with van der Waals surface area (Å²) in [6.45, 7) is 4.87. The molecule has 2 N–H and O–H groups in total. The monoisotopic (exact) mass is 380 g/mol. The molecule has 0 aliphatic heterocycles. The third-order valence-corrected chi connectivity index (χ3v) is 4.24. The van der Waals surface area contributed by atoms with Gasteiger partial charge in [0.1, 0.15) is 5.69 Å². The maximum Gasteiger partial charge on any atom is 0.270 e. The van der Waals surface area contributed by atoms with Crippen LogP contribution in [-0.2, 0) is 13.1 Å². The first-order valence-electron chi connectivity index (χ1n) is 8.67. The Morgan fingerprint density at radius 1 is 0.963 bits per heavy atom. The zero-order valence-electron chi connectivity index (χ0n) is 15.3. The van der Waals surface area contributed by atoms with Crippen LogP contribution in [-0.4, -0.2) is 15.9 Å². The molecule has 0 fully saturated rings. The Morgan fingerprint density at radius 2 is 1.74 bits per heavy atom. The van der Waals surface area contributed by atoms with Crippen molar-refractivity contribution in [1.82, 2.24) is 15.3 Å². The van der Waals surface area contributed by atoms with Crippen LogP contribution in [0, 0.1) is 13.8 Å². The summed E-state index contributed by atoms with van der Waals surface area (Å²) in [4.78, 5) is 21.2. The van der Waals surface area contributed by atoms with Crippen molar-refractivity contribution in [2.24, 2.45) is 0 Å². The molecule has 0 spiro atoms. The molecule has 27 heavy (non-hydrogen) atoms. The SMILES string of the molecule is Cc1cccc(CNC(=O)c2cc(C)nc(NCc3ccc(Cl)cc3)n2)c1. The normalized spacial score (nSPS) is 10.5. The van der Waals surface area contributed by atoms with Gasteiger partial charge in [-0.3, -0.25) is 4.79 Å². The molecule has 0 aliphatic rings.